The minimum absolute atomic E-state index is 0.393. The molecule has 0 fully saturated rings. The summed E-state index contributed by atoms with van der Waals surface area (Å²) < 4.78 is 0. The van der Waals surface area contributed by atoms with Crippen molar-refractivity contribution in [2.75, 3.05) is 5.32 Å². The van der Waals surface area contributed by atoms with Gasteiger partial charge in [0.25, 0.3) is 0 Å². The van der Waals surface area contributed by atoms with Crippen LogP contribution in [-0.2, 0) is 10.3 Å². The fourth-order valence-corrected chi connectivity index (χ4v) is 2.71. The lowest BCUT2D eigenvalue weighted by atomic mass is 9.84. The molecule has 0 bridgehead atoms. The standard InChI is InChI=1S/C17H19ClN2O/c1-2-11-17(16(19)21,13-7-4-3-5-8-13)20-15-10-6-9-14(18)12-15/h3-10,12,20H,2,11H2,1H3,(H2,19,21). The van der Waals surface area contributed by atoms with Gasteiger partial charge in [0, 0.05) is 10.7 Å². The topological polar surface area (TPSA) is 55.1 Å². The molecule has 3 nitrogen and oxygen atoms in total. The van der Waals surface area contributed by atoms with Crippen LogP contribution < -0.4 is 11.1 Å². The fraction of sp³-hybridized carbons (Fsp3) is 0.235. The zero-order valence-corrected chi connectivity index (χ0v) is 12.7. The van der Waals surface area contributed by atoms with Crippen LogP contribution in [0.2, 0.25) is 5.02 Å². The third kappa shape index (κ3) is 3.37. The van der Waals surface area contributed by atoms with Crippen molar-refractivity contribution in [3.63, 3.8) is 0 Å². The van der Waals surface area contributed by atoms with Crippen molar-refractivity contribution < 1.29 is 4.79 Å². The SMILES string of the molecule is CCCC(Nc1cccc(Cl)c1)(C(N)=O)c1ccccc1. The van der Waals surface area contributed by atoms with Crippen LogP contribution in [0.4, 0.5) is 5.69 Å². The average Bonchev–Trinajstić information content (AvgIpc) is 2.47. The molecule has 21 heavy (non-hydrogen) atoms. The molecule has 0 aliphatic carbocycles. The Morgan fingerprint density at radius 2 is 1.90 bits per heavy atom. The summed E-state index contributed by atoms with van der Waals surface area (Å²) in [6, 6.07) is 16.9. The molecule has 1 atom stereocenters. The summed E-state index contributed by atoms with van der Waals surface area (Å²) in [7, 11) is 0. The summed E-state index contributed by atoms with van der Waals surface area (Å²) in [5.41, 5.74) is 6.45. The number of primary amides is 1. The van der Waals surface area contributed by atoms with E-state index in [-0.39, 0.29) is 0 Å². The lowest BCUT2D eigenvalue weighted by Gasteiger charge is -2.33. The number of hydrogen-bond acceptors (Lipinski definition) is 2. The molecular weight excluding hydrogens is 284 g/mol. The molecule has 0 saturated heterocycles. The molecule has 3 N–H and O–H groups in total. The van der Waals surface area contributed by atoms with Gasteiger partial charge in [0.2, 0.25) is 5.91 Å². The number of hydrogen-bond donors (Lipinski definition) is 2. The highest BCUT2D eigenvalue weighted by Gasteiger charge is 2.37. The second-order valence-corrected chi connectivity index (χ2v) is 5.46. The summed E-state index contributed by atoms with van der Waals surface area (Å²) >= 11 is 6.02. The van der Waals surface area contributed by atoms with Crippen LogP contribution in [0.1, 0.15) is 25.3 Å². The van der Waals surface area contributed by atoms with Crippen LogP contribution in [0, 0.1) is 0 Å². The Balaban J connectivity index is 2.47. The van der Waals surface area contributed by atoms with E-state index in [1.54, 1.807) is 12.1 Å². The van der Waals surface area contributed by atoms with Gasteiger partial charge in [-0.1, -0.05) is 61.3 Å². The van der Waals surface area contributed by atoms with Gasteiger partial charge in [-0.15, -0.1) is 0 Å². The van der Waals surface area contributed by atoms with Crippen LogP contribution >= 0.6 is 11.6 Å². The first-order chi connectivity index (χ1) is 10.1. The lowest BCUT2D eigenvalue weighted by Crippen LogP contribution is -2.47. The third-order valence-corrected chi connectivity index (χ3v) is 3.73. The zero-order valence-electron chi connectivity index (χ0n) is 12.0. The molecule has 0 aliphatic rings. The number of halogens is 1. The van der Waals surface area contributed by atoms with Crippen molar-refractivity contribution in [2.24, 2.45) is 5.73 Å². The van der Waals surface area contributed by atoms with E-state index < -0.39 is 11.4 Å². The zero-order chi connectivity index (χ0) is 15.3. The van der Waals surface area contributed by atoms with Gasteiger partial charge in [0.15, 0.2) is 0 Å². The van der Waals surface area contributed by atoms with Gasteiger partial charge >= 0.3 is 0 Å². The van der Waals surface area contributed by atoms with Gasteiger partial charge in [-0.25, -0.2) is 0 Å². The van der Waals surface area contributed by atoms with Crippen LogP contribution in [0.15, 0.2) is 54.6 Å². The number of carbonyl (C=O) groups is 1. The average molecular weight is 303 g/mol. The number of amides is 1. The van der Waals surface area contributed by atoms with Crippen molar-refractivity contribution >= 4 is 23.2 Å². The first kappa shape index (κ1) is 15.4. The van der Waals surface area contributed by atoms with Crippen LogP contribution in [0.3, 0.4) is 0 Å². The molecule has 2 aromatic carbocycles. The van der Waals surface area contributed by atoms with Gasteiger partial charge in [-0.2, -0.15) is 0 Å². The van der Waals surface area contributed by atoms with Crippen molar-refractivity contribution in [1.29, 1.82) is 0 Å². The van der Waals surface area contributed by atoms with Gasteiger partial charge in [-0.3, -0.25) is 4.79 Å². The highest BCUT2D eigenvalue weighted by molar-refractivity contribution is 6.30. The smallest absolute Gasteiger partial charge is 0.247 e. The van der Waals surface area contributed by atoms with Crippen LogP contribution in [-0.4, -0.2) is 5.91 Å². The van der Waals surface area contributed by atoms with Gasteiger partial charge in [-0.05, 0) is 30.2 Å². The van der Waals surface area contributed by atoms with Crippen molar-refractivity contribution in [1.82, 2.24) is 0 Å². The monoisotopic (exact) mass is 302 g/mol. The predicted octanol–water partition coefficient (Wildman–Crippen LogP) is 3.93. The minimum Gasteiger partial charge on any atom is -0.368 e. The van der Waals surface area contributed by atoms with Gasteiger partial charge < -0.3 is 11.1 Å². The molecule has 110 valence electrons. The van der Waals surface area contributed by atoms with E-state index in [4.69, 9.17) is 17.3 Å². The predicted molar refractivity (Wildman–Crippen MR) is 87.3 cm³/mol. The Morgan fingerprint density at radius 1 is 1.19 bits per heavy atom. The van der Waals surface area contributed by atoms with E-state index in [1.807, 2.05) is 49.4 Å². The largest absolute Gasteiger partial charge is 0.368 e. The second kappa shape index (κ2) is 6.64. The quantitative estimate of drug-likeness (QED) is 0.849. The number of nitrogens with two attached hydrogens (primary N) is 1. The molecular formula is C17H19ClN2O. The summed E-state index contributed by atoms with van der Waals surface area (Å²) in [5.74, 6) is -0.393. The maximum atomic E-state index is 12.2. The van der Waals surface area contributed by atoms with E-state index in [1.165, 1.54) is 0 Å². The summed E-state index contributed by atoms with van der Waals surface area (Å²) in [6.45, 7) is 2.03. The number of anilines is 1. The molecule has 0 saturated carbocycles. The normalized spacial score (nSPS) is 13.4. The molecule has 0 radical (unpaired) electrons. The molecule has 1 unspecified atom stereocenters. The van der Waals surface area contributed by atoms with Crippen LogP contribution in [0.25, 0.3) is 0 Å². The van der Waals surface area contributed by atoms with E-state index in [9.17, 15) is 4.79 Å². The summed E-state index contributed by atoms with van der Waals surface area (Å²) in [5, 5.41) is 3.90. The first-order valence-electron chi connectivity index (χ1n) is 6.97. The van der Waals surface area contributed by atoms with Crippen molar-refractivity contribution in [3.05, 3.63) is 65.2 Å². The molecule has 2 aromatic rings. The Kier molecular flexibility index (Phi) is 4.86. The maximum Gasteiger partial charge on any atom is 0.247 e. The van der Waals surface area contributed by atoms with Crippen molar-refractivity contribution in [3.8, 4) is 0 Å². The van der Waals surface area contributed by atoms with Gasteiger partial charge in [0.1, 0.15) is 5.54 Å². The fourth-order valence-electron chi connectivity index (χ4n) is 2.52. The molecule has 2 rings (SSSR count). The highest BCUT2D eigenvalue weighted by atomic mass is 35.5. The second-order valence-electron chi connectivity index (χ2n) is 5.02. The summed E-state index contributed by atoms with van der Waals surface area (Å²) in [6.07, 6.45) is 1.43. The van der Waals surface area contributed by atoms with E-state index in [0.29, 0.717) is 11.4 Å². The van der Waals surface area contributed by atoms with E-state index >= 15 is 0 Å². The molecule has 0 spiro atoms. The third-order valence-electron chi connectivity index (χ3n) is 3.49. The lowest BCUT2D eigenvalue weighted by molar-refractivity contribution is -0.122. The molecule has 0 heterocycles. The molecule has 1 amide bonds. The molecule has 4 heteroatoms. The number of rotatable bonds is 6. The summed E-state index contributed by atoms with van der Waals surface area (Å²) in [4.78, 5) is 12.2. The first-order valence-corrected chi connectivity index (χ1v) is 7.35. The minimum atomic E-state index is -0.930. The van der Waals surface area contributed by atoms with E-state index in [0.717, 1.165) is 17.7 Å². The van der Waals surface area contributed by atoms with Crippen LogP contribution in [0.5, 0.6) is 0 Å². The van der Waals surface area contributed by atoms with Crippen molar-refractivity contribution in [2.45, 2.75) is 25.3 Å². The van der Waals surface area contributed by atoms with E-state index in [2.05, 4.69) is 5.32 Å². The number of nitrogens with one attached hydrogen (secondary N) is 1. The molecule has 0 aliphatic heterocycles. The molecule has 0 aromatic heterocycles. The maximum absolute atomic E-state index is 12.2. The Hall–Kier alpha value is -2.00. The Morgan fingerprint density at radius 3 is 2.48 bits per heavy atom. The Labute approximate surface area is 130 Å². The number of benzene rings is 2. The van der Waals surface area contributed by atoms with Gasteiger partial charge in [0.05, 0.1) is 0 Å². The number of carbonyl (C=O) groups excluding carboxylic acids is 1. The Bertz CT molecular complexity index is 615. The highest BCUT2D eigenvalue weighted by Crippen LogP contribution is 2.31.